The van der Waals surface area contributed by atoms with Crippen LogP contribution < -0.4 is 5.56 Å². The van der Waals surface area contributed by atoms with Crippen LogP contribution in [0.25, 0.3) is 0 Å². The quantitative estimate of drug-likeness (QED) is 0.270. The van der Waals surface area contributed by atoms with Crippen LogP contribution in [0.5, 0.6) is 5.88 Å². The van der Waals surface area contributed by atoms with Gasteiger partial charge in [0.05, 0.1) is 17.6 Å². The van der Waals surface area contributed by atoms with Crippen LogP contribution in [0.2, 0.25) is 0 Å². The van der Waals surface area contributed by atoms with E-state index in [1.165, 1.54) is 25.1 Å². The van der Waals surface area contributed by atoms with E-state index in [1.807, 2.05) is 0 Å². The summed E-state index contributed by atoms with van der Waals surface area (Å²) >= 11 is 0.567. The summed E-state index contributed by atoms with van der Waals surface area (Å²) in [6, 6.07) is 5.75. The van der Waals surface area contributed by atoms with Crippen molar-refractivity contribution in [2.75, 3.05) is 0 Å². The van der Waals surface area contributed by atoms with Gasteiger partial charge >= 0.3 is 5.97 Å². The Morgan fingerprint density at radius 1 is 1.39 bits per heavy atom. The molecule has 0 spiro atoms. The largest absolute Gasteiger partial charge is 0.493 e. The molecule has 0 radical (unpaired) electrons. The van der Waals surface area contributed by atoms with Gasteiger partial charge < -0.3 is 10.2 Å². The zero-order chi connectivity index (χ0) is 20.8. The number of benzene rings is 1. The van der Waals surface area contributed by atoms with Gasteiger partial charge in [0.1, 0.15) is 17.3 Å². The van der Waals surface area contributed by atoms with Gasteiger partial charge in [-0.15, -0.1) is 14.6 Å². The molecule has 0 fully saturated rings. The number of pyridine rings is 1. The van der Waals surface area contributed by atoms with E-state index < -0.39 is 17.4 Å². The number of nitriles is 1. The summed E-state index contributed by atoms with van der Waals surface area (Å²) in [5.74, 6) is -1.78. The molecular formula is C16H14N4O7S. The number of aromatic nitrogens is 1. The third kappa shape index (κ3) is 4.18. The van der Waals surface area contributed by atoms with Crippen molar-refractivity contribution in [3.05, 3.63) is 45.2 Å². The van der Waals surface area contributed by atoms with Gasteiger partial charge in [0.2, 0.25) is 5.88 Å². The molecule has 2 rings (SSSR count). The second kappa shape index (κ2) is 9.11. The number of azo groups is 1. The summed E-state index contributed by atoms with van der Waals surface area (Å²) in [6.45, 7) is 3.13. The first-order chi connectivity index (χ1) is 13.3. The van der Waals surface area contributed by atoms with Crippen LogP contribution in [0, 0.1) is 18.3 Å². The first kappa shape index (κ1) is 21.1. The average molecular weight is 406 g/mol. The molecule has 12 heteroatoms. The SMILES string of the molecule is CCn1c(O)c(C#N)c(C)c(N=Nc2ccc(SOOO)cc2C(=O)O)c1=O. The lowest BCUT2D eigenvalue weighted by molar-refractivity contribution is -0.432. The van der Waals surface area contributed by atoms with Crippen molar-refractivity contribution >= 4 is 29.4 Å². The van der Waals surface area contributed by atoms with Gasteiger partial charge in [-0.3, -0.25) is 9.36 Å². The first-order valence-corrected chi connectivity index (χ1v) is 8.40. The average Bonchev–Trinajstić information content (AvgIpc) is 2.67. The summed E-state index contributed by atoms with van der Waals surface area (Å²) < 4.78 is 5.21. The molecule has 2 aromatic rings. The molecule has 3 N–H and O–H groups in total. The monoisotopic (exact) mass is 406 g/mol. The van der Waals surface area contributed by atoms with Gasteiger partial charge in [0.15, 0.2) is 5.69 Å². The molecular weight excluding hydrogens is 392 g/mol. The lowest BCUT2D eigenvalue weighted by atomic mass is 10.1. The third-order valence-electron chi connectivity index (χ3n) is 3.70. The second-order valence-corrected chi connectivity index (χ2v) is 6.02. The predicted molar refractivity (Wildman–Crippen MR) is 95.7 cm³/mol. The van der Waals surface area contributed by atoms with Gasteiger partial charge in [0.25, 0.3) is 5.56 Å². The minimum absolute atomic E-state index is 0.0600. The third-order valence-corrected chi connectivity index (χ3v) is 4.28. The van der Waals surface area contributed by atoms with Crippen molar-refractivity contribution in [2.45, 2.75) is 25.3 Å². The summed E-state index contributed by atoms with van der Waals surface area (Å²) in [4.78, 5) is 24.2. The molecule has 0 saturated carbocycles. The molecule has 0 bridgehead atoms. The topological polar surface area (TPSA) is 167 Å². The number of aromatic hydroxyl groups is 1. The first-order valence-electron chi connectivity index (χ1n) is 7.65. The number of carbonyl (C=O) groups is 1. The van der Waals surface area contributed by atoms with Crippen molar-refractivity contribution < 1.29 is 29.6 Å². The van der Waals surface area contributed by atoms with E-state index in [4.69, 9.17) is 5.26 Å². The molecule has 0 saturated heterocycles. The molecule has 0 unspecified atom stereocenters. The molecule has 0 aliphatic carbocycles. The number of carboxylic acid groups (broad SMARTS) is 1. The predicted octanol–water partition coefficient (Wildman–Crippen LogP) is 3.30. The Bertz CT molecular complexity index is 1040. The highest BCUT2D eigenvalue weighted by atomic mass is 32.2. The Labute approximate surface area is 162 Å². The van der Waals surface area contributed by atoms with Crippen molar-refractivity contribution in [1.82, 2.24) is 4.57 Å². The van der Waals surface area contributed by atoms with E-state index in [0.29, 0.717) is 16.9 Å². The lowest BCUT2D eigenvalue weighted by Crippen LogP contribution is -2.20. The van der Waals surface area contributed by atoms with Crippen LogP contribution in [0.4, 0.5) is 11.4 Å². The zero-order valence-corrected chi connectivity index (χ0v) is 15.4. The molecule has 1 aromatic carbocycles. The molecule has 0 aliphatic rings. The Hall–Kier alpha value is -3.24. The number of hydrogen-bond acceptors (Lipinski definition) is 10. The molecule has 1 aromatic heterocycles. The van der Waals surface area contributed by atoms with E-state index in [9.17, 15) is 25.1 Å². The molecule has 28 heavy (non-hydrogen) atoms. The minimum atomic E-state index is -1.31. The van der Waals surface area contributed by atoms with E-state index in [0.717, 1.165) is 4.57 Å². The van der Waals surface area contributed by atoms with Crippen LogP contribution in [0.1, 0.15) is 28.4 Å². The Morgan fingerprint density at radius 2 is 2.11 bits per heavy atom. The molecule has 0 amide bonds. The van der Waals surface area contributed by atoms with Crippen molar-refractivity contribution in [3.63, 3.8) is 0 Å². The van der Waals surface area contributed by atoms with Crippen LogP contribution in [-0.2, 0) is 15.9 Å². The maximum absolute atomic E-state index is 12.5. The number of rotatable bonds is 7. The summed E-state index contributed by atoms with van der Waals surface area (Å²) in [6.07, 6.45) is 0. The summed E-state index contributed by atoms with van der Waals surface area (Å²) in [5, 5.41) is 47.9. The van der Waals surface area contributed by atoms with Gasteiger partial charge in [-0.1, -0.05) is 5.04 Å². The normalized spacial score (nSPS) is 10.9. The maximum atomic E-state index is 12.5. The number of aromatic carboxylic acids is 1. The van der Waals surface area contributed by atoms with Gasteiger partial charge in [-0.05, 0) is 32.0 Å². The zero-order valence-electron chi connectivity index (χ0n) is 14.6. The lowest BCUT2D eigenvalue weighted by Gasteiger charge is -2.10. The highest BCUT2D eigenvalue weighted by Gasteiger charge is 2.19. The fourth-order valence-corrected chi connectivity index (χ4v) is 2.73. The van der Waals surface area contributed by atoms with Crippen LogP contribution in [0.3, 0.4) is 0 Å². The smallest absolute Gasteiger partial charge is 0.338 e. The van der Waals surface area contributed by atoms with E-state index in [2.05, 4.69) is 19.6 Å². The van der Waals surface area contributed by atoms with E-state index in [-0.39, 0.29) is 34.6 Å². The Morgan fingerprint density at radius 3 is 2.68 bits per heavy atom. The van der Waals surface area contributed by atoms with Crippen LogP contribution in [0.15, 0.2) is 38.1 Å². The summed E-state index contributed by atoms with van der Waals surface area (Å²) in [5.41, 5.74) is -1.17. The fraction of sp³-hybridized carbons (Fsp3) is 0.188. The Kier molecular flexibility index (Phi) is 6.85. The van der Waals surface area contributed by atoms with Crippen molar-refractivity contribution in [3.8, 4) is 11.9 Å². The fourth-order valence-electron chi connectivity index (χ4n) is 2.33. The highest BCUT2D eigenvalue weighted by Crippen LogP contribution is 2.30. The summed E-state index contributed by atoms with van der Waals surface area (Å²) in [7, 11) is 0. The van der Waals surface area contributed by atoms with Crippen LogP contribution >= 0.6 is 12.0 Å². The van der Waals surface area contributed by atoms with Gasteiger partial charge in [0, 0.05) is 17.0 Å². The molecule has 0 aliphatic heterocycles. The molecule has 1 heterocycles. The standard InChI is InChI=1S/C16H14N4O7S/c1-3-20-14(21)11(7-17)8(2)13(15(20)22)19-18-12-5-4-9(28-27-26-25)6-10(12)16(23)24/h4-6,21,25H,3H2,1-2H3,(H,23,24). The number of nitrogens with zero attached hydrogens (tertiary/aromatic N) is 4. The van der Waals surface area contributed by atoms with Crippen molar-refractivity contribution in [2.24, 2.45) is 10.2 Å². The maximum Gasteiger partial charge on any atom is 0.338 e. The van der Waals surface area contributed by atoms with Crippen LogP contribution in [-0.4, -0.2) is 26.0 Å². The molecule has 146 valence electrons. The highest BCUT2D eigenvalue weighted by molar-refractivity contribution is 7.94. The minimum Gasteiger partial charge on any atom is -0.493 e. The molecule has 11 nitrogen and oxygen atoms in total. The number of hydrogen-bond donors (Lipinski definition) is 3. The number of carboxylic acids is 1. The van der Waals surface area contributed by atoms with Gasteiger partial charge in [-0.2, -0.15) is 5.26 Å². The van der Waals surface area contributed by atoms with Gasteiger partial charge in [-0.25, -0.2) is 10.1 Å². The van der Waals surface area contributed by atoms with E-state index >= 15 is 0 Å². The second-order valence-electron chi connectivity index (χ2n) is 5.24. The van der Waals surface area contributed by atoms with E-state index in [1.54, 1.807) is 13.0 Å². The van der Waals surface area contributed by atoms with Crippen molar-refractivity contribution in [1.29, 1.82) is 5.26 Å². The Balaban J connectivity index is 2.56. The molecule has 0 atom stereocenters.